The van der Waals surface area contributed by atoms with Crippen LogP contribution in [0.15, 0.2) is 84.9 Å². The van der Waals surface area contributed by atoms with Gasteiger partial charge in [-0.25, -0.2) is 0 Å². The lowest BCUT2D eigenvalue weighted by Crippen LogP contribution is -2.46. The van der Waals surface area contributed by atoms with Gasteiger partial charge in [0.05, 0.1) is 20.1 Å². The second-order valence-corrected chi connectivity index (χ2v) is 8.40. The highest BCUT2D eigenvalue weighted by Gasteiger charge is 2.23. The fraction of sp³-hybridized carbons (Fsp3) is 0.286. The van der Waals surface area contributed by atoms with Crippen molar-refractivity contribution in [1.82, 2.24) is 4.48 Å². The monoisotopic (exact) mass is 382 g/mol. The summed E-state index contributed by atoms with van der Waals surface area (Å²) in [5.41, 5.74) is 8.62. The van der Waals surface area contributed by atoms with E-state index in [9.17, 15) is 0 Å². The number of hydrogen-bond acceptors (Lipinski definition) is 0. The molecule has 0 bridgehead atoms. The van der Waals surface area contributed by atoms with Crippen LogP contribution in [0.2, 0.25) is 0 Å². The van der Waals surface area contributed by atoms with Gasteiger partial charge in [-0.15, -0.1) is 0 Å². The largest absolute Gasteiger partial charge is 0.293 e. The van der Waals surface area contributed by atoms with Crippen LogP contribution in [0.5, 0.6) is 0 Å². The van der Waals surface area contributed by atoms with E-state index in [1.807, 2.05) is 0 Å². The van der Waals surface area contributed by atoms with Crippen molar-refractivity contribution in [1.29, 1.82) is 0 Å². The first kappa shape index (κ1) is 19.7. The molecule has 4 rings (SSSR count). The molecule has 0 saturated carbocycles. The Labute approximate surface area is 175 Å². The third-order valence-corrected chi connectivity index (χ3v) is 6.35. The molecule has 0 fully saturated rings. The average Bonchev–Trinajstić information content (AvgIpc) is 2.92. The predicted molar refractivity (Wildman–Crippen MR) is 126 cm³/mol. The lowest BCUT2D eigenvalue weighted by atomic mass is 9.93. The van der Waals surface area contributed by atoms with Crippen molar-refractivity contribution in [3.63, 3.8) is 0 Å². The van der Waals surface area contributed by atoms with Crippen LogP contribution in [0.4, 0.5) is 5.69 Å². The third kappa shape index (κ3) is 4.21. The molecular formula is C28H32N+. The Morgan fingerprint density at radius 1 is 0.724 bits per heavy atom. The topological polar surface area (TPSA) is 0 Å². The van der Waals surface area contributed by atoms with Gasteiger partial charge in [0.1, 0.15) is 5.69 Å². The van der Waals surface area contributed by atoms with Crippen LogP contribution < -0.4 is 4.48 Å². The van der Waals surface area contributed by atoms with Gasteiger partial charge >= 0.3 is 0 Å². The van der Waals surface area contributed by atoms with Crippen LogP contribution in [0, 0.1) is 0 Å². The summed E-state index contributed by atoms with van der Waals surface area (Å²) >= 11 is 0. The summed E-state index contributed by atoms with van der Waals surface area (Å²) in [6.07, 6.45) is 7.01. The highest BCUT2D eigenvalue weighted by atomic mass is 15.3. The van der Waals surface area contributed by atoms with Crippen LogP contribution in [0.25, 0.3) is 5.57 Å². The van der Waals surface area contributed by atoms with Gasteiger partial charge in [0.2, 0.25) is 0 Å². The molecule has 1 aliphatic rings. The minimum absolute atomic E-state index is 0.990. The maximum atomic E-state index is 2.50. The van der Waals surface area contributed by atoms with Gasteiger partial charge in [0.25, 0.3) is 0 Å². The second-order valence-electron chi connectivity index (χ2n) is 8.40. The molecule has 0 amide bonds. The Morgan fingerprint density at radius 3 is 1.86 bits per heavy atom. The van der Waals surface area contributed by atoms with Crippen LogP contribution in [0.3, 0.4) is 0 Å². The van der Waals surface area contributed by atoms with Gasteiger partial charge in [-0.05, 0) is 59.2 Å². The quantitative estimate of drug-likeness (QED) is 0.418. The lowest BCUT2D eigenvalue weighted by Gasteiger charge is -2.33. The number of fused-ring (bicyclic) bond motifs is 2. The van der Waals surface area contributed by atoms with Gasteiger partial charge in [-0.1, -0.05) is 79.7 Å². The summed E-state index contributed by atoms with van der Waals surface area (Å²) in [7, 11) is 2.38. The number of nitrogens with zero attached hydrogens (tertiary/aromatic N) is 1. The molecule has 1 aliphatic carbocycles. The fourth-order valence-corrected chi connectivity index (χ4v) is 4.78. The summed E-state index contributed by atoms with van der Waals surface area (Å²) in [5.74, 6) is 0. The number of rotatable bonds is 6. The van der Waals surface area contributed by atoms with E-state index in [4.69, 9.17) is 0 Å². The molecule has 1 nitrogen and oxygen atoms in total. The van der Waals surface area contributed by atoms with Crippen molar-refractivity contribution in [3.05, 3.63) is 107 Å². The highest BCUT2D eigenvalue weighted by Crippen LogP contribution is 2.34. The molecule has 0 spiro atoms. The van der Waals surface area contributed by atoms with E-state index in [0.717, 1.165) is 30.3 Å². The predicted octanol–water partition coefficient (Wildman–Crippen LogP) is 6.65. The van der Waals surface area contributed by atoms with Gasteiger partial charge in [-0.2, -0.15) is 0 Å². The Bertz CT molecular complexity index is 936. The molecule has 3 aromatic carbocycles. The van der Waals surface area contributed by atoms with Gasteiger partial charge < -0.3 is 0 Å². The second kappa shape index (κ2) is 8.80. The molecule has 0 aromatic heterocycles. The minimum Gasteiger partial charge on any atom is -0.293 e. The highest BCUT2D eigenvalue weighted by molar-refractivity contribution is 5.83. The van der Waals surface area contributed by atoms with E-state index >= 15 is 0 Å². The van der Waals surface area contributed by atoms with Crippen LogP contribution in [-0.2, 0) is 12.8 Å². The summed E-state index contributed by atoms with van der Waals surface area (Å²) in [6.45, 7) is 4.57. The van der Waals surface area contributed by atoms with Crippen molar-refractivity contribution in [2.24, 2.45) is 0 Å². The van der Waals surface area contributed by atoms with Crippen LogP contribution in [-0.4, -0.2) is 20.1 Å². The molecule has 0 N–H and O–H groups in total. The number of aryl methyl sites for hydroxylation is 2. The van der Waals surface area contributed by atoms with Crippen molar-refractivity contribution in [2.75, 3.05) is 20.1 Å². The molecule has 0 saturated heterocycles. The summed E-state index contributed by atoms with van der Waals surface area (Å²) < 4.78 is 0.990. The summed E-state index contributed by atoms with van der Waals surface area (Å²) in [6, 6.07) is 28.9. The molecule has 1 heteroatoms. The Balaban J connectivity index is 1.67. The first-order valence-corrected chi connectivity index (χ1v) is 11.0. The molecule has 0 radical (unpaired) electrons. The summed E-state index contributed by atoms with van der Waals surface area (Å²) in [4.78, 5) is 0. The Hall–Kier alpha value is -2.64. The zero-order valence-corrected chi connectivity index (χ0v) is 17.8. The van der Waals surface area contributed by atoms with E-state index in [-0.39, 0.29) is 0 Å². The van der Waals surface area contributed by atoms with Gasteiger partial charge in [-0.3, -0.25) is 4.48 Å². The standard InChI is InChI=1S/C28H32N/c1-3-21-29(2,25-14-5-4-6-15-25)22-11-18-28-26-16-9-7-12-23(26)19-20-24-13-8-10-17-27(24)28/h4-10,12-18H,3,11,19-22H2,1-2H3/q+1. The maximum Gasteiger partial charge on any atom is 0.132 e. The zero-order chi connectivity index (χ0) is 20.1. The zero-order valence-electron chi connectivity index (χ0n) is 17.8. The normalized spacial score (nSPS) is 15.0. The van der Waals surface area contributed by atoms with Crippen LogP contribution >= 0.6 is 0 Å². The van der Waals surface area contributed by atoms with E-state index in [2.05, 4.69) is 98.9 Å². The van der Waals surface area contributed by atoms with Gasteiger partial charge in [0, 0.05) is 6.42 Å². The molecule has 0 aliphatic heterocycles. The fourth-order valence-electron chi connectivity index (χ4n) is 4.78. The molecular weight excluding hydrogens is 350 g/mol. The number of hydrogen-bond donors (Lipinski definition) is 0. The smallest absolute Gasteiger partial charge is 0.132 e. The van der Waals surface area contributed by atoms with Gasteiger partial charge in [0.15, 0.2) is 0 Å². The van der Waals surface area contributed by atoms with E-state index in [1.165, 1.54) is 46.5 Å². The number of para-hydroxylation sites is 1. The average molecular weight is 383 g/mol. The Kier molecular flexibility index (Phi) is 5.97. The number of quaternary nitrogens is 1. The van der Waals surface area contributed by atoms with Crippen molar-refractivity contribution >= 4 is 11.3 Å². The van der Waals surface area contributed by atoms with Crippen LogP contribution in [0.1, 0.15) is 42.0 Å². The first-order chi connectivity index (χ1) is 14.2. The molecule has 0 heterocycles. The molecule has 3 aromatic rings. The van der Waals surface area contributed by atoms with Crippen molar-refractivity contribution in [2.45, 2.75) is 32.6 Å². The van der Waals surface area contributed by atoms with E-state index in [0.29, 0.717) is 0 Å². The van der Waals surface area contributed by atoms with Crippen molar-refractivity contribution in [3.8, 4) is 0 Å². The molecule has 148 valence electrons. The van der Waals surface area contributed by atoms with Crippen molar-refractivity contribution < 1.29 is 0 Å². The van der Waals surface area contributed by atoms with E-state index in [1.54, 1.807) is 0 Å². The van der Waals surface area contributed by atoms with E-state index < -0.39 is 0 Å². The maximum absolute atomic E-state index is 2.50. The third-order valence-electron chi connectivity index (χ3n) is 6.35. The SMILES string of the molecule is CCC[N+](C)(CCC=C1c2ccccc2CCc2ccccc21)c1ccccc1. The Morgan fingerprint density at radius 2 is 1.28 bits per heavy atom. The number of benzene rings is 3. The molecule has 1 unspecified atom stereocenters. The molecule has 29 heavy (non-hydrogen) atoms. The first-order valence-electron chi connectivity index (χ1n) is 11.0. The molecule has 1 atom stereocenters. The minimum atomic E-state index is 0.990. The lowest BCUT2D eigenvalue weighted by molar-refractivity contribution is 0.335. The summed E-state index contributed by atoms with van der Waals surface area (Å²) in [5, 5.41) is 0.